The molecular weight excluding hydrogens is 244 g/mol. The Kier molecular flexibility index (Phi) is 2.86. The maximum atomic E-state index is 5.01. The largest absolute Gasteiger partial charge is 0.360 e. The van der Waals surface area contributed by atoms with Gasteiger partial charge in [-0.15, -0.1) is 0 Å². The first-order valence-electron chi connectivity index (χ1n) is 4.39. The highest BCUT2D eigenvalue weighted by Gasteiger charge is 2.04. The lowest BCUT2D eigenvalue weighted by Gasteiger charge is -2.01. The van der Waals surface area contributed by atoms with Gasteiger partial charge in [-0.2, -0.15) is 0 Å². The van der Waals surface area contributed by atoms with Crippen LogP contribution in [0.25, 0.3) is 10.9 Å². The Morgan fingerprint density at radius 3 is 3.07 bits per heavy atom. The molecule has 4 heteroatoms. The van der Waals surface area contributed by atoms with Gasteiger partial charge in [0.15, 0.2) is 0 Å². The fourth-order valence-electron chi connectivity index (χ4n) is 1.56. The van der Waals surface area contributed by atoms with Crippen molar-refractivity contribution in [2.45, 2.75) is 6.42 Å². The van der Waals surface area contributed by atoms with E-state index in [-0.39, 0.29) is 0 Å². The molecule has 0 amide bonds. The molecule has 0 unspecified atom stereocenters. The highest BCUT2D eigenvalue weighted by molar-refractivity contribution is 9.10. The molecule has 0 aliphatic rings. The summed E-state index contributed by atoms with van der Waals surface area (Å²) in [6.07, 6.45) is 2.76. The maximum Gasteiger partial charge on any atom is 0.0720 e. The number of hydrogen-bond acceptors (Lipinski definition) is 2. The Balaban J connectivity index is 2.44. The van der Waals surface area contributed by atoms with E-state index in [0.717, 1.165) is 16.4 Å². The molecule has 1 heterocycles. The minimum atomic E-state index is 0.537. The molecule has 0 bridgehead atoms. The lowest BCUT2D eigenvalue weighted by atomic mass is 10.1. The summed E-state index contributed by atoms with van der Waals surface area (Å²) >= 11 is 3.48. The molecule has 1 aromatic heterocycles. The molecule has 0 spiro atoms. The zero-order chi connectivity index (χ0) is 9.97. The number of para-hydroxylation sites is 1. The van der Waals surface area contributed by atoms with Gasteiger partial charge < -0.3 is 9.82 Å². The van der Waals surface area contributed by atoms with Crippen LogP contribution in [-0.4, -0.2) is 11.6 Å². The molecule has 0 radical (unpaired) electrons. The molecule has 3 nitrogen and oxygen atoms in total. The summed E-state index contributed by atoms with van der Waals surface area (Å²) < 4.78 is 1.09. The van der Waals surface area contributed by atoms with E-state index < -0.39 is 0 Å². The predicted molar refractivity (Wildman–Crippen MR) is 59.8 cm³/mol. The molecule has 2 aromatic rings. The zero-order valence-electron chi connectivity index (χ0n) is 7.59. The van der Waals surface area contributed by atoms with Gasteiger partial charge in [0.05, 0.1) is 6.61 Å². The van der Waals surface area contributed by atoms with Gasteiger partial charge in [0.2, 0.25) is 0 Å². The van der Waals surface area contributed by atoms with Crippen molar-refractivity contribution in [2.75, 3.05) is 6.61 Å². The van der Waals surface area contributed by atoms with E-state index in [1.54, 1.807) is 0 Å². The molecule has 0 aliphatic heterocycles. The van der Waals surface area contributed by atoms with Crippen molar-refractivity contribution in [3.05, 3.63) is 34.4 Å². The highest BCUT2D eigenvalue weighted by Crippen LogP contribution is 2.25. The van der Waals surface area contributed by atoms with Crippen LogP contribution in [0.3, 0.4) is 0 Å². The van der Waals surface area contributed by atoms with Gasteiger partial charge in [0.1, 0.15) is 0 Å². The number of halogens is 1. The lowest BCUT2D eigenvalue weighted by Crippen LogP contribution is -2.03. The normalized spacial score (nSPS) is 11.0. The fraction of sp³-hybridized carbons (Fsp3) is 0.200. The number of aromatic amines is 1. The summed E-state index contributed by atoms with van der Waals surface area (Å²) in [7, 11) is 0. The van der Waals surface area contributed by atoms with Crippen LogP contribution in [0.5, 0.6) is 0 Å². The Bertz CT molecular complexity index is 439. The highest BCUT2D eigenvalue weighted by atomic mass is 79.9. The van der Waals surface area contributed by atoms with Crippen molar-refractivity contribution < 1.29 is 4.84 Å². The second-order valence-electron chi connectivity index (χ2n) is 3.10. The zero-order valence-corrected chi connectivity index (χ0v) is 9.17. The van der Waals surface area contributed by atoms with Crippen LogP contribution in [-0.2, 0) is 11.3 Å². The van der Waals surface area contributed by atoms with Crippen LogP contribution in [0.2, 0.25) is 0 Å². The van der Waals surface area contributed by atoms with Crippen LogP contribution in [0.15, 0.2) is 28.9 Å². The van der Waals surface area contributed by atoms with E-state index in [1.165, 1.54) is 10.9 Å². The summed E-state index contributed by atoms with van der Waals surface area (Å²) in [5, 5.41) is 1.19. The van der Waals surface area contributed by atoms with Crippen LogP contribution < -0.4 is 5.90 Å². The molecule has 74 valence electrons. The van der Waals surface area contributed by atoms with E-state index in [0.29, 0.717) is 6.61 Å². The number of rotatable bonds is 3. The molecule has 2 rings (SSSR count). The van der Waals surface area contributed by atoms with E-state index in [9.17, 15) is 0 Å². The SMILES string of the molecule is NOCCc1cccc2c(Br)c[nH]c12. The van der Waals surface area contributed by atoms with Crippen molar-refractivity contribution in [2.24, 2.45) is 5.90 Å². The molecule has 1 aromatic carbocycles. The number of aromatic nitrogens is 1. The fourth-order valence-corrected chi connectivity index (χ4v) is 2.00. The number of nitrogens with one attached hydrogen (secondary N) is 1. The Labute approximate surface area is 90.3 Å². The summed E-state index contributed by atoms with van der Waals surface area (Å²) in [5.41, 5.74) is 2.37. The van der Waals surface area contributed by atoms with Gasteiger partial charge in [0, 0.05) is 21.6 Å². The number of hydrogen-bond donors (Lipinski definition) is 2. The third kappa shape index (κ3) is 1.68. The van der Waals surface area contributed by atoms with Gasteiger partial charge >= 0.3 is 0 Å². The van der Waals surface area contributed by atoms with E-state index in [1.807, 2.05) is 12.3 Å². The summed E-state index contributed by atoms with van der Waals surface area (Å²) in [4.78, 5) is 7.80. The van der Waals surface area contributed by atoms with Crippen LogP contribution in [0.1, 0.15) is 5.56 Å². The molecule has 14 heavy (non-hydrogen) atoms. The van der Waals surface area contributed by atoms with Gasteiger partial charge in [-0.05, 0) is 27.9 Å². The monoisotopic (exact) mass is 254 g/mol. The van der Waals surface area contributed by atoms with Crippen molar-refractivity contribution >= 4 is 26.8 Å². The molecule has 0 atom stereocenters. The smallest absolute Gasteiger partial charge is 0.0720 e. The molecule has 3 N–H and O–H groups in total. The first kappa shape index (κ1) is 9.71. The van der Waals surface area contributed by atoms with Crippen molar-refractivity contribution in [3.8, 4) is 0 Å². The molecule has 0 aliphatic carbocycles. The van der Waals surface area contributed by atoms with Gasteiger partial charge in [0.25, 0.3) is 0 Å². The van der Waals surface area contributed by atoms with E-state index in [4.69, 9.17) is 5.90 Å². The number of fused-ring (bicyclic) bond motifs is 1. The lowest BCUT2D eigenvalue weighted by molar-refractivity contribution is 0.141. The van der Waals surface area contributed by atoms with Crippen LogP contribution >= 0.6 is 15.9 Å². The first-order valence-corrected chi connectivity index (χ1v) is 5.18. The quantitative estimate of drug-likeness (QED) is 0.827. The molecule has 0 saturated carbocycles. The van der Waals surface area contributed by atoms with Crippen molar-refractivity contribution in [3.63, 3.8) is 0 Å². The minimum absolute atomic E-state index is 0.537. The summed E-state index contributed by atoms with van der Waals surface area (Å²) in [6.45, 7) is 0.537. The number of nitrogens with two attached hydrogens (primary N) is 1. The molecular formula is C10H11BrN2O. The predicted octanol–water partition coefficient (Wildman–Crippen LogP) is 2.36. The Morgan fingerprint density at radius 1 is 1.43 bits per heavy atom. The minimum Gasteiger partial charge on any atom is -0.360 e. The Morgan fingerprint density at radius 2 is 2.29 bits per heavy atom. The molecule has 0 fully saturated rings. The van der Waals surface area contributed by atoms with E-state index >= 15 is 0 Å². The average molecular weight is 255 g/mol. The second-order valence-corrected chi connectivity index (χ2v) is 3.95. The number of benzene rings is 1. The standard InChI is InChI=1S/C10H11BrN2O/c11-9-6-13-10-7(4-5-14-12)2-1-3-8(9)10/h1-3,6,13H,4-5,12H2. The van der Waals surface area contributed by atoms with Crippen LogP contribution in [0.4, 0.5) is 0 Å². The van der Waals surface area contributed by atoms with Crippen molar-refractivity contribution in [1.82, 2.24) is 4.98 Å². The Hall–Kier alpha value is -0.840. The van der Waals surface area contributed by atoms with E-state index in [2.05, 4.69) is 37.9 Å². The van der Waals surface area contributed by atoms with Gasteiger partial charge in [-0.3, -0.25) is 0 Å². The van der Waals surface area contributed by atoms with Gasteiger partial charge in [-0.25, -0.2) is 5.90 Å². The third-order valence-electron chi connectivity index (χ3n) is 2.24. The first-order chi connectivity index (χ1) is 6.83. The maximum absolute atomic E-state index is 5.01. The third-order valence-corrected chi connectivity index (χ3v) is 2.90. The second kappa shape index (κ2) is 4.13. The summed E-state index contributed by atoms with van der Waals surface area (Å²) in [6, 6.07) is 6.18. The number of H-pyrrole nitrogens is 1. The van der Waals surface area contributed by atoms with Gasteiger partial charge in [-0.1, -0.05) is 18.2 Å². The van der Waals surface area contributed by atoms with Crippen molar-refractivity contribution in [1.29, 1.82) is 0 Å². The average Bonchev–Trinajstić information content (AvgIpc) is 2.58. The molecule has 0 saturated heterocycles. The summed E-state index contributed by atoms with van der Waals surface area (Å²) in [5.74, 6) is 5.01. The topological polar surface area (TPSA) is 51.0 Å². The van der Waals surface area contributed by atoms with Crippen LogP contribution in [0, 0.1) is 0 Å².